The lowest BCUT2D eigenvalue weighted by Crippen LogP contribution is -2.16. The molecule has 2 fully saturated rings. The maximum atomic E-state index is 6.57. The van der Waals surface area contributed by atoms with E-state index in [0.29, 0.717) is 5.38 Å². The van der Waals surface area contributed by atoms with Gasteiger partial charge < -0.3 is 0 Å². The molecule has 18 heavy (non-hydrogen) atoms. The minimum absolute atomic E-state index is 0.331. The predicted octanol–water partition coefficient (Wildman–Crippen LogP) is 4.97. The molecule has 1 aromatic carbocycles. The second-order valence-electron chi connectivity index (χ2n) is 6.46. The Kier molecular flexibility index (Phi) is 3.66. The van der Waals surface area contributed by atoms with E-state index in [1.807, 2.05) is 0 Å². The average molecular weight is 263 g/mol. The number of hydrogen-bond donors (Lipinski definition) is 0. The van der Waals surface area contributed by atoms with Crippen LogP contribution in [0.25, 0.3) is 0 Å². The minimum Gasteiger partial charge on any atom is -0.123 e. The second kappa shape index (κ2) is 5.25. The predicted molar refractivity (Wildman–Crippen MR) is 78.1 cm³/mol. The highest BCUT2D eigenvalue weighted by molar-refractivity contribution is 6.20. The van der Waals surface area contributed by atoms with Crippen LogP contribution < -0.4 is 0 Å². The largest absolute Gasteiger partial charge is 0.123 e. The van der Waals surface area contributed by atoms with Crippen LogP contribution in [-0.2, 0) is 6.42 Å². The number of aryl methyl sites for hydroxylation is 1. The number of halogens is 1. The van der Waals surface area contributed by atoms with Gasteiger partial charge in [0.2, 0.25) is 0 Å². The number of rotatable bonds is 4. The molecule has 2 aliphatic carbocycles. The summed E-state index contributed by atoms with van der Waals surface area (Å²) in [4.78, 5) is 0. The molecule has 4 unspecified atom stereocenters. The van der Waals surface area contributed by atoms with Crippen LogP contribution in [0, 0.1) is 24.7 Å². The van der Waals surface area contributed by atoms with Crippen molar-refractivity contribution < 1.29 is 0 Å². The quantitative estimate of drug-likeness (QED) is 0.672. The Morgan fingerprint density at radius 2 is 1.94 bits per heavy atom. The summed E-state index contributed by atoms with van der Waals surface area (Å²) in [7, 11) is 0. The SMILES string of the molecule is Cc1ccc(CC(Cl)CC2CC3CCC2C3)cc1. The summed E-state index contributed by atoms with van der Waals surface area (Å²) >= 11 is 6.57. The van der Waals surface area contributed by atoms with E-state index in [9.17, 15) is 0 Å². The van der Waals surface area contributed by atoms with Crippen molar-refractivity contribution in [2.45, 2.75) is 50.8 Å². The second-order valence-corrected chi connectivity index (χ2v) is 7.07. The van der Waals surface area contributed by atoms with Gasteiger partial charge in [0.1, 0.15) is 0 Å². The van der Waals surface area contributed by atoms with Crippen molar-refractivity contribution in [2.24, 2.45) is 17.8 Å². The van der Waals surface area contributed by atoms with Crippen LogP contribution in [0.5, 0.6) is 0 Å². The molecule has 0 spiro atoms. The molecule has 1 heteroatoms. The van der Waals surface area contributed by atoms with E-state index in [4.69, 9.17) is 11.6 Å². The van der Waals surface area contributed by atoms with Gasteiger partial charge in [-0.05, 0) is 62.3 Å². The summed E-state index contributed by atoms with van der Waals surface area (Å²) in [6.07, 6.45) is 8.20. The standard InChI is InChI=1S/C17H23Cl/c1-12-2-4-13(5-3-12)10-17(18)11-16-9-14-6-7-15(16)8-14/h2-5,14-17H,6-11H2,1H3. The molecular formula is C17H23Cl. The molecule has 2 saturated carbocycles. The first-order valence-electron chi connectivity index (χ1n) is 7.40. The van der Waals surface area contributed by atoms with Crippen LogP contribution in [0.1, 0.15) is 43.2 Å². The zero-order chi connectivity index (χ0) is 12.5. The fourth-order valence-electron chi connectivity index (χ4n) is 4.06. The lowest BCUT2D eigenvalue weighted by Gasteiger charge is -2.23. The van der Waals surface area contributed by atoms with Crippen LogP contribution >= 0.6 is 11.6 Å². The zero-order valence-corrected chi connectivity index (χ0v) is 12.0. The molecular weight excluding hydrogens is 240 g/mol. The van der Waals surface area contributed by atoms with Gasteiger partial charge in [0.25, 0.3) is 0 Å². The molecule has 0 N–H and O–H groups in total. The highest BCUT2D eigenvalue weighted by atomic mass is 35.5. The molecule has 0 radical (unpaired) electrons. The van der Waals surface area contributed by atoms with E-state index >= 15 is 0 Å². The first-order chi connectivity index (χ1) is 8.70. The lowest BCUT2D eigenvalue weighted by molar-refractivity contribution is 0.310. The van der Waals surface area contributed by atoms with Crippen LogP contribution in [0.4, 0.5) is 0 Å². The van der Waals surface area contributed by atoms with E-state index in [0.717, 1.165) is 24.2 Å². The van der Waals surface area contributed by atoms with Gasteiger partial charge in [0, 0.05) is 5.38 Å². The van der Waals surface area contributed by atoms with Crippen LogP contribution in [0.2, 0.25) is 0 Å². The van der Waals surface area contributed by atoms with Crippen molar-refractivity contribution >= 4 is 11.6 Å². The smallest absolute Gasteiger partial charge is 0.0379 e. The third-order valence-electron chi connectivity index (χ3n) is 5.02. The first-order valence-corrected chi connectivity index (χ1v) is 7.84. The summed E-state index contributed by atoms with van der Waals surface area (Å²) in [6, 6.07) is 8.84. The van der Waals surface area contributed by atoms with Crippen LogP contribution in [0.15, 0.2) is 24.3 Å². The number of alkyl halides is 1. The van der Waals surface area contributed by atoms with Crippen molar-refractivity contribution in [3.63, 3.8) is 0 Å². The molecule has 0 saturated heterocycles. The maximum Gasteiger partial charge on any atom is 0.0379 e. The average Bonchev–Trinajstić information content (AvgIpc) is 2.94. The highest BCUT2D eigenvalue weighted by Gasteiger charge is 2.39. The molecule has 2 aliphatic rings. The number of fused-ring (bicyclic) bond motifs is 2. The van der Waals surface area contributed by atoms with Crippen LogP contribution in [0.3, 0.4) is 0 Å². The van der Waals surface area contributed by atoms with Gasteiger partial charge in [-0.2, -0.15) is 0 Å². The Bertz CT molecular complexity index is 395. The summed E-state index contributed by atoms with van der Waals surface area (Å²) < 4.78 is 0. The molecule has 0 amide bonds. The molecule has 0 nitrogen and oxygen atoms in total. The molecule has 3 rings (SSSR count). The van der Waals surface area contributed by atoms with E-state index in [-0.39, 0.29) is 0 Å². The summed E-state index contributed by atoms with van der Waals surface area (Å²) in [5.74, 6) is 2.98. The Labute approximate surface area is 116 Å². The molecule has 0 aliphatic heterocycles. The van der Waals surface area contributed by atoms with Gasteiger partial charge >= 0.3 is 0 Å². The third kappa shape index (κ3) is 2.74. The number of benzene rings is 1. The summed E-state index contributed by atoms with van der Waals surface area (Å²) in [6.45, 7) is 2.14. The van der Waals surface area contributed by atoms with Crippen molar-refractivity contribution in [3.8, 4) is 0 Å². The third-order valence-corrected chi connectivity index (χ3v) is 5.35. The molecule has 2 bridgehead atoms. The molecule has 4 atom stereocenters. The lowest BCUT2D eigenvalue weighted by atomic mass is 9.84. The minimum atomic E-state index is 0.331. The van der Waals surface area contributed by atoms with Gasteiger partial charge in [0.15, 0.2) is 0 Å². The van der Waals surface area contributed by atoms with Gasteiger partial charge in [-0.15, -0.1) is 11.6 Å². The van der Waals surface area contributed by atoms with E-state index in [2.05, 4.69) is 31.2 Å². The molecule has 1 aromatic rings. The monoisotopic (exact) mass is 262 g/mol. The first kappa shape index (κ1) is 12.5. The normalized spacial score (nSPS) is 31.8. The molecule has 0 aromatic heterocycles. The van der Waals surface area contributed by atoms with Gasteiger partial charge in [0.05, 0.1) is 0 Å². The Morgan fingerprint density at radius 1 is 1.17 bits per heavy atom. The maximum absolute atomic E-state index is 6.57. The van der Waals surface area contributed by atoms with E-state index in [1.54, 1.807) is 0 Å². The van der Waals surface area contributed by atoms with Crippen LogP contribution in [-0.4, -0.2) is 5.38 Å². The zero-order valence-electron chi connectivity index (χ0n) is 11.2. The van der Waals surface area contributed by atoms with E-state index in [1.165, 1.54) is 43.2 Å². The van der Waals surface area contributed by atoms with Crippen molar-refractivity contribution in [1.82, 2.24) is 0 Å². The summed E-state index contributed by atoms with van der Waals surface area (Å²) in [5, 5.41) is 0.331. The van der Waals surface area contributed by atoms with Gasteiger partial charge in [-0.3, -0.25) is 0 Å². The fraction of sp³-hybridized carbons (Fsp3) is 0.647. The van der Waals surface area contributed by atoms with Crippen molar-refractivity contribution in [2.75, 3.05) is 0 Å². The molecule has 0 heterocycles. The summed E-state index contributed by atoms with van der Waals surface area (Å²) in [5.41, 5.74) is 2.72. The Morgan fingerprint density at radius 3 is 2.56 bits per heavy atom. The van der Waals surface area contributed by atoms with Crippen molar-refractivity contribution in [3.05, 3.63) is 35.4 Å². The van der Waals surface area contributed by atoms with Gasteiger partial charge in [-0.25, -0.2) is 0 Å². The topological polar surface area (TPSA) is 0 Å². The Balaban J connectivity index is 1.52. The highest BCUT2D eigenvalue weighted by Crippen LogP contribution is 2.50. The van der Waals surface area contributed by atoms with Crippen molar-refractivity contribution in [1.29, 1.82) is 0 Å². The van der Waals surface area contributed by atoms with E-state index < -0.39 is 0 Å². The Hall–Kier alpha value is -0.490. The number of hydrogen-bond acceptors (Lipinski definition) is 0. The van der Waals surface area contributed by atoms with Gasteiger partial charge in [-0.1, -0.05) is 36.2 Å². The molecule has 98 valence electrons. The fourth-order valence-corrected chi connectivity index (χ4v) is 4.46.